The van der Waals surface area contributed by atoms with Gasteiger partial charge in [0.1, 0.15) is 5.76 Å². The lowest BCUT2D eigenvalue weighted by atomic mass is 9.90. The molecule has 5 rings (SSSR count). The fourth-order valence-corrected chi connectivity index (χ4v) is 5.21. The van der Waals surface area contributed by atoms with E-state index >= 15 is 0 Å². The molecule has 0 N–H and O–H groups in total. The maximum absolute atomic E-state index is 13.1. The van der Waals surface area contributed by atoms with Crippen LogP contribution in [0.25, 0.3) is 0 Å². The highest BCUT2D eigenvalue weighted by Crippen LogP contribution is 2.24. The molecule has 1 fully saturated rings. The second-order valence-electron chi connectivity index (χ2n) is 10.0. The van der Waals surface area contributed by atoms with Crippen molar-refractivity contribution in [3.05, 3.63) is 108 Å². The summed E-state index contributed by atoms with van der Waals surface area (Å²) in [7, 11) is 0. The lowest BCUT2D eigenvalue weighted by Gasteiger charge is -2.31. The highest BCUT2D eigenvalue weighted by molar-refractivity contribution is 5.92. The molecular formula is C31H35N3O4. The number of piperidine rings is 1. The minimum atomic E-state index is -0.122. The van der Waals surface area contributed by atoms with Crippen molar-refractivity contribution in [3.8, 4) is 0 Å². The largest absolute Gasteiger partial charge is 0.459 e. The van der Waals surface area contributed by atoms with Crippen LogP contribution in [0.1, 0.15) is 64.3 Å². The van der Waals surface area contributed by atoms with Crippen molar-refractivity contribution in [2.45, 2.75) is 45.7 Å². The van der Waals surface area contributed by atoms with Gasteiger partial charge >= 0.3 is 0 Å². The van der Waals surface area contributed by atoms with Gasteiger partial charge in [0.15, 0.2) is 11.5 Å². The van der Waals surface area contributed by atoms with E-state index in [-0.39, 0.29) is 11.8 Å². The lowest BCUT2D eigenvalue weighted by molar-refractivity contribution is 0.0655. The zero-order valence-electron chi connectivity index (χ0n) is 21.9. The molecule has 0 radical (unpaired) electrons. The average molecular weight is 514 g/mol. The van der Waals surface area contributed by atoms with Crippen LogP contribution in [0.2, 0.25) is 0 Å². The van der Waals surface area contributed by atoms with Crippen molar-refractivity contribution in [1.82, 2.24) is 14.4 Å². The molecule has 3 aromatic heterocycles. The van der Waals surface area contributed by atoms with E-state index in [1.54, 1.807) is 23.1 Å². The third kappa shape index (κ3) is 6.10. The van der Waals surface area contributed by atoms with Crippen LogP contribution in [-0.4, -0.2) is 45.8 Å². The van der Waals surface area contributed by atoms with Crippen LogP contribution in [0, 0.1) is 5.92 Å². The summed E-state index contributed by atoms with van der Waals surface area (Å²) in [5.41, 5.74) is 2.35. The lowest BCUT2D eigenvalue weighted by Crippen LogP contribution is -2.38. The molecule has 0 atom stereocenters. The second kappa shape index (κ2) is 12.0. The summed E-state index contributed by atoms with van der Waals surface area (Å²) in [5, 5.41) is 0. The summed E-state index contributed by atoms with van der Waals surface area (Å²) in [4.78, 5) is 29.7. The SMILES string of the molecule is CCCN(Cc1cccn1Cc1ccc(C(=O)N2CCC(Cc3ccccc3)CC2)o1)C(=O)c1ccco1. The zero-order valence-corrected chi connectivity index (χ0v) is 21.9. The summed E-state index contributed by atoms with van der Waals surface area (Å²) in [6.07, 6.45) is 7.41. The maximum atomic E-state index is 13.1. The van der Waals surface area contributed by atoms with Crippen molar-refractivity contribution in [3.63, 3.8) is 0 Å². The van der Waals surface area contributed by atoms with E-state index in [1.807, 2.05) is 35.4 Å². The monoisotopic (exact) mass is 513 g/mol. The molecule has 38 heavy (non-hydrogen) atoms. The summed E-state index contributed by atoms with van der Waals surface area (Å²) < 4.78 is 13.4. The number of carbonyl (C=O) groups is 2. The van der Waals surface area contributed by atoms with E-state index in [0.29, 0.717) is 42.8 Å². The summed E-state index contributed by atoms with van der Waals surface area (Å²) in [5.74, 6) is 1.88. The summed E-state index contributed by atoms with van der Waals surface area (Å²) >= 11 is 0. The quantitative estimate of drug-likeness (QED) is 0.266. The van der Waals surface area contributed by atoms with Gasteiger partial charge in [-0.15, -0.1) is 0 Å². The number of nitrogens with zero attached hydrogens (tertiary/aromatic N) is 3. The molecule has 7 heteroatoms. The van der Waals surface area contributed by atoms with Gasteiger partial charge in [0.2, 0.25) is 0 Å². The van der Waals surface area contributed by atoms with Crippen LogP contribution in [-0.2, 0) is 19.5 Å². The number of carbonyl (C=O) groups excluding carboxylic acids is 2. The molecule has 1 aliphatic heterocycles. The first kappa shape index (κ1) is 25.6. The van der Waals surface area contributed by atoms with Crippen LogP contribution in [0.15, 0.2) is 88.0 Å². The van der Waals surface area contributed by atoms with E-state index in [4.69, 9.17) is 8.83 Å². The maximum Gasteiger partial charge on any atom is 0.289 e. The molecule has 0 saturated carbocycles. The molecule has 1 aliphatic rings. The molecule has 1 aromatic carbocycles. The van der Waals surface area contributed by atoms with Gasteiger partial charge in [-0.1, -0.05) is 37.3 Å². The van der Waals surface area contributed by atoms with Gasteiger partial charge in [0, 0.05) is 31.5 Å². The van der Waals surface area contributed by atoms with Crippen molar-refractivity contribution in [1.29, 1.82) is 0 Å². The molecule has 4 heterocycles. The Bertz CT molecular complexity index is 1310. The first-order valence-electron chi connectivity index (χ1n) is 13.5. The van der Waals surface area contributed by atoms with E-state index in [2.05, 4.69) is 35.8 Å². The van der Waals surface area contributed by atoms with E-state index in [0.717, 1.165) is 44.5 Å². The second-order valence-corrected chi connectivity index (χ2v) is 10.0. The van der Waals surface area contributed by atoms with Crippen LogP contribution >= 0.6 is 0 Å². The molecule has 198 valence electrons. The molecular weight excluding hydrogens is 478 g/mol. The Labute approximate surface area is 223 Å². The number of furan rings is 2. The van der Waals surface area contributed by atoms with Gasteiger partial charge in [-0.25, -0.2) is 0 Å². The van der Waals surface area contributed by atoms with Crippen molar-refractivity contribution >= 4 is 11.8 Å². The first-order valence-corrected chi connectivity index (χ1v) is 13.5. The summed E-state index contributed by atoms with van der Waals surface area (Å²) in [6, 6.07) is 21.6. The first-order chi connectivity index (χ1) is 18.6. The third-order valence-corrected chi connectivity index (χ3v) is 7.26. The standard InChI is InChI=1S/C31H35N3O4/c1-2-16-34(30(35)28-11-7-20-37-28)22-26-10-6-17-33(26)23-27-12-13-29(38-27)31(36)32-18-14-25(15-19-32)21-24-8-4-3-5-9-24/h3-13,17,20,25H,2,14-16,18-19,21-23H2,1H3. The Hall–Kier alpha value is -4.00. The molecule has 7 nitrogen and oxygen atoms in total. The van der Waals surface area contributed by atoms with Gasteiger partial charge in [0.05, 0.1) is 19.4 Å². The number of likely N-dealkylation sites (tertiary alicyclic amines) is 1. The number of benzene rings is 1. The molecule has 0 aliphatic carbocycles. The van der Waals surface area contributed by atoms with Crippen molar-refractivity contribution in [2.24, 2.45) is 5.92 Å². The van der Waals surface area contributed by atoms with Crippen LogP contribution in [0.5, 0.6) is 0 Å². The molecule has 0 spiro atoms. The van der Waals surface area contributed by atoms with Crippen LogP contribution < -0.4 is 0 Å². The Balaban J connectivity index is 1.17. The minimum Gasteiger partial charge on any atom is -0.459 e. The minimum absolute atomic E-state index is 0.0414. The topological polar surface area (TPSA) is 71.8 Å². The number of hydrogen-bond donors (Lipinski definition) is 0. The van der Waals surface area contributed by atoms with Gasteiger partial charge in [-0.05, 0) is 73.6 Å². The molecule has 0 bridgehead atoms. The fourth-order valence-electron chi connectivity index (χ4n) is 5.21. The number of rotatable bonds is 10. The predicted octanol–water partition coefficient (Wildman–Crippen LogP) is 5.87. The Kier molecular flexibility index (Phi) is 8.12. The van der Waals surface area contributed by atoms with Gasteiger partial charge in [-0.3, -0.25) is 9.59 Å². The third-order valence-electron chi connectivity index (χ3n) is 7.26. The Morgan fingerprint density at radius 1 is 0.947 bits per heavy atom. The molecule has 0 unspecified atom stereocenters. The highest BCUT2D eigenvalue weighted by atomic mass is 16.4. The van der Waals surface area contributed by atoms with Crippen LogP contribution in [0.4, 0.5) is 0 Å². The number of hydrogen-bond acceptors (Lipinski definition) is 4. The number of amides is 2. The summed E-state index contributed by atoms with van der Waals surface area (Å²) in [6.45, 7) is 5.14. The van der Waals surface area contributed by atoms with Gasteiger partial charge < -0.3 is 23.2 Å². The zero-order chi connectivity index (χ0) is 26.3. The van der Waals surface area contributed by atoms with Crippen LogP contribution in [0.3, 0.4) is 0 Å². The highest BCUT2D eigenvalue weighted by Gasteiger charge is 2.26. The Morgan fingerprint density at radius 2 is 1.76 bits per heavy atom. The van der Waals surface area contributed by atoms with E-state index in [1.165, 1.54) is 11.8 Å². The van der Waals surface area contributed by atoms with Crippen molar-refractivity contribution in [2.75, 3.05) is 19.6 Å². The van der Waals surface area contributed by atoms with Gasteiger partial charge in [-0.2, -0.15) is 0 Å². The van der Waals surface area contributed by atoms with Crippen molar-refractivity contribution < 1.29 is 18.4 Å². The van der Waals surface area contributed by atoms with E-state index < -0.39 is 0 Å². The Morgan fingerprint density at radius 3 is 2.50 bits per heavy atom. The average Bonchev–Trinajstić information content (AvgIpc) is 3.72. The molecule has 2 amide bonds. The predicted molar refractivity (Wildman–Crippen MR) is 145 cm³/mol. The van der Waals surface area contributed by atoms with Gasteiger partial charge in [0.25, 0.3) is 11.8 Å². The van der Waals surface area contributed by atoms with E-state index in [9.17, 15) is 9.59 Å². The smallest absolute Gasteiger partial charge is 0.289 e. The molecule has 4 aromatic rings. The number of aromatic nitrogens is 1. The fraction of sp³-hybridized carbons (Fsp3) is 0.355. The normalized spacial score (nSPS) is 14.1. The molecule has 1 saturated heterocycles.